The van der Waals surface area contributed by atoms with Gasteiger partial charge in [0.25, 0.3) is 0 Å². The first kappa shape index (κ1) is 17.4. The molecule has 0 bridgehead atoms. The van der Waals surface area contributed by atoms with Crippen molar-refractivity contribution in [2.75, 3.05) is 14.2 Å². The maximum absolute atomic E-state index is 12.3. The van der Waals surface area contributed by atoms with Crippen LogP contribution in [0.4, 0.5) is 0 Å². The Bertz CT molecular complexity index is 703. The fourth-order valence-electron chi connectivity index (χ4n) is 2.33. The Hall–Kier alpha value is -2.95. The molecule has 0 radical (unpaired) electrons. The topological polar surface area (TPSA) is 69.7 Å². The number of ketones is 1. The number of hydrogen-bond acceptors (Lipinski definition) is 5. The molecule has 5 heteroatoms. The molecule has 0 N–H and O–H groups in total. The van der Waals surface area contributed by atoms with Gasteiger partial charge in [0.1, 0.15) is 0 Å². The van der Waals surface area contributed by atoms with Crippen molar-refractivity contribution in [1.29, 1.82) is 0 Å². The minimum Gasteiger partial charge on any atom is -0.468 e. The first-order chi connectivity index (χ1) is 11.6. The van der Waals surface area contributed by atoms with E-state index in [0.29, 0.717) is 11.1 Å². The zero-order valence-corrected chi connectivity index (χ0v) is 13.5. The van der Waals surface area contributed by atoms with Gasteiger partial charge in [0.15, 0.2) is 11.7 Å². The van der Waals surface area contributed by atoms with Crippen LogP contribution in [-0.4, -0.2) is 31.9 Å². The maximum Gasteiger partial charge on any atom is 0.320 e. The van der Waals surface area contributed by atoms with Gasteiger partial charge >= 0.3 is 11.9 Å². The van der Waals surface area contributed by atoms with Gasteiger partial charge in [-0.25, -0.2) is 0 Å². The third kappa shape index (κ3) is 4.07. The highest BCUT2D eigenvalue weighted by Gasteiger charge is 2.28. The predicted molar refractivity (Wildman–Crippen MR) is 87.5 cm³/mol. The highest BCUT2D eigenvalue weighted by molar-refractivity contribution is 6.08. The van der Waals surface area contributed by atoms with Gasteiger partial charge in [-0.1, -0.05) is 54.6 Å². The van der Waals surface area contributed by atoms with Crippen LogP contribution < -0.4 is 0 Å². The van der Waals surface area contributed by atoms with Gasteiger partial charge in [0.05, 0.1) is 14.2 Å². The Labute approximate surface area is 140 Å². The normalized spacial score (nSPS) is 10.3. The van der Waals surface area contributed by atoms with Gasteiger partial charge in [-0.2, -0.15) is 0 Å². The Morgan fingerprint density at radius 1 is 0.792 bits per heavy atom. The summed E-state index contributed by atoms with van der Waals surface area (Å²) in [6.45, 7) is 0. The molecular formula is C19H18O5. The molecule has 5 nitrogen and oxygen atoms in total. The molecule has 24 heavy (non-hydrogen) atoms. The summed E-state index contributed by atoms with van der Waals surface area (Å²) >= 11 is 0. The van der Waals surface area contributed by atoms with E-state index >= 15 is 0 Å². The molecule has 0 amide bonds. The lowest BCUT2D eigenvalue weighted by molar-refractivity contribution is -0.158. The number of benzene rings is 2. The van der Waals surface area contributed by atoms with E-state index in [-0.39, 0.29) is 12.2 Å². The van der Waals surface area contributed by atoms with Crippen LogP contribution >= 0.6 is 0 Å². The second-order valence-electron chi connectivity index (χ2n) is 5.20. The average Bonchev–Trinajstić information content (AvgIpc) is 2.65. The fraction of sp³-hybridized carbons (Fsp3) is 0.211. The first-order valence-corrected chi connectivity index (χ1v) is 7.41. The van der Waals surface area contributed by atoms with E-state index in [1.54, 1.807) is 48.5 Å². The van der Waals surface area contributed by atoms with E-state index in [4.69, 9.17) is 0 Å². The zero-order chi connectivity index (χ0) is 17.5. The van der Waals surface area contributed by atoms with Gasteiger partial charge < -0.3 is 9.47 Å². The molecule has 0 saturated heterocycles. The Kier molecular flexibility index (Phi) is 5.84. The maximum atomic E-state index is 12.3. The quantitative estimate of drug-likeness (QED) is 0.463. The molecule has 2 aromatic rings. The summed E-state index contributed by atoms with van der Waals surface area (Å²) in [6, 6.07) is 15.7. The summed E-state index contributed by atoms with van der Waals surface area (Å²) in [7, 11) is 2.44. The lowest BCUT2D eigenvalue weighted by atomic mass is 9.96. The molecule has 124 valence electrons. The monoisotopic (exact) mass is 326 g/mol. The number of carbonyl (C=O) groups is 3. The van der Waals surface area contributed by atoms with Gasteiger partial charge in [0.2, 0.25) is 0 Å². The van der Waals surface area contributed by atoms with Crippen LogP contribution in [0.3, 0.4) is 0 Å². The van der Waals surface area contributed by atoms with Gasteiger partial charge in [-0.15, -0.1) is 0 Å². The van der Waals surface area contributed by atoms with E-state index in [0.717, 1.165) is 5.56 Å². The van der Waals surface area contributed by atoms with E-state index in [1.165, 1.54) is 14.2 Å². The van der Waals surface area contributed by atoms with Gasteiger partial charge in [0, 0.05) is 11.1 Å². The zero-order valence-electron chi connectivity index (χ0n) is 13.5. The predicted octanol–water partition coefficient (Wildman–Crippen LogP) is 2.42. The summed E-state index contributed by atoms with van der Waals surface area (Å²) in [6.07, 6.45) is 0.152. The third-order valence-electron chi connectivity index (χ3n) is 3.66. The summed E-state index contributed by atoms with van der Waals surface area (Å²) < 4.78 is 9.27. The second-order valence-corrected chi connectivity index (χ2v) is 5.20. The van der Waals surface area contributed by atoms with E-state index < -0.39 is 17.9 Å². The highest BCUT2D eigenvalue weighted by atomic mass is 16.5. The van der Waals surface area contributed by atoms with Crippen LogP contribution in [0.5, 0.6) is 0 Å². The summed E-state index contributed by atoms with van der Waals surface area (Å²) in [5.41, 5.74) is 1.88. The van der Waals surface area contributed by atoms with Crippen LogP contribution in [0.25, 0.3) is 0 Å². The van der Waals surface area contributed by atoms with Crippen molar-refractivity contribution in [3.05, 3.63) is 71.3 Å². The number of methoxy groups -OCH3 is 2. The smallest absolute Gasteiger partial charge is 0.320 e. The summed E-state index contributed by atoms with van der Waals surface area (Å²) in [5, 5.41) is 0. The molecule has 0 aliphatic rings. The van der Waals surface area contributed by atoms with Crippen LogP contribution in [0, 0.1) is 5.92 Å². The van der Waals surface area contributed by atoms with Crippen LogP contribution in [0.2, 0.25) is 0 Å². The minimum absolute atomic E-state index is 0.0837. The molecule has 0 fully saturated rings. The van der Waals surface area contributed by atoms with Crippen molar-refractivity contribution in [1.82, 2.24) is 0 Å². The highest BCUT2D eigenvalue weighted by Crippen LogP contribution is 2.15. The molecule has 2 aromatic carbocycles. The molecule has 0 aliphatic heterocycles. The van der Waals surface area contributed by atoms with Crippen molar-refractivity contribution in [2.45, 2.75) is 6.42 Å². The van der Waals surface area contributed by atoms with Crippen molar-refractivity contribution in [2.24, 2.45) is 5.92 Å². The number of esters is 2. The first-order valence-electron chi connectivity index (χ1n) is 7.41. The van der Waals surface area contributed by atoms with Gasteiger partial charge in [-0.05, 0) is 12.0 Å². The molecular weight excluding hydrogens is 308 g/mol. The largest absolute Gasteiger partial charge is 0.468 e. The second kappa shape index (κ2) is 8.06. The minimum atomic E-state index is -1.02. The van der Waals surface area contributed by atoms with Crippen molar-refractivity contribution < 1.29 is 23.9 Å². The lowest BCUT2D eigenvalue weighted by Crippen LogP contribution is -2.28. The molecule has 0 unspecified atom stereocenters. The lowest BCUT2D eigenvalue weighted by Gasteiger charge is -2.12. The van der Waals surface area contributed by atoms with Crippen LogP contribution in [-0.2, 0) is 25.5 Å². The van der Waals surface area contributed by atoms with Crippen LogP contribution in [0.15, 0.2) is 54.6 Å². The van der Waals surface area contributed by atoms with Crippen molar-refractivity contribution in [3.63, 3.8) is 0 Å². The summed E-state index contributed by atoms with van der Waals surface area (Å²) in [5.74, 6) is -2.40. The Balaban J connectivity index is 2.15. The number of ether oxygens (including phenoxy) is 2. The Morgan fingerprint density at radius 3 is 1.79 bits per heavy atom. The molecule has 0 aromatic heterocycles. The standard InChI is InChI=1S/C19H18O5/c1-23-18(21)16(19(22)24-2)12-13-8-10-15(11-9-13)17(20)14-6-4-3-5-7-14/h3-11,16H,12H2,1-2H3. The molecule has 0 heterocycles. The molecule has 0 atom stereocenters. The number of carbonyl (C=O) groups excluding carboxylic acids is 3. The SMILES string of the molecule is COC(=O)C(Cc1ccc(C(=O)c2ccccc2)cc1)C(=O)OC. The number of hydrogen-bond donors (Lipinski definition) is 0. The van der Waals surface area contributed by atoms with Crippen molar-refractivity contribution >= 4 is 17.7 Å². The molecule has 0 saturated carbocycles. The van der Waals surface area contributed by atoms with E-state index in [1.807, 2.05) is 6.07 Å². The fourth-order valence-corrected chi connectivity index (χ4v) is 2.33. The average molecular weight is 326 g/mol. The third-order valence-corrected chi connectivity index (χ3v) is 3.66. The molecule has 0 spiro atoms. The Morgan fingerprint density at radius 2 is 1.29 bits per heavy atom. The number of rotatable bonds is 6. The molecule has 0 aliphatic carbocycles. The van der Waals surface area contributed by atoms with Crippen LogP contribution in [0.1, 0.15) is 21.5 Å². The van der Waals surface area contributed by atoms with E-state index in [2.05, 4.69) is 9.47 Å². The van der Waals surface area contributed by atoms with E-state index in [9.17, 15) is 14.4 Å². The summed E-state index contributed by atoms with van der Waals surface area (Å²) in [4.78, 5) is 35.7. The van der Waals surface area contributed by atoms with Gasteiger partial charge in [-0.3, -0.25) is 14.4 Å². The molecule has 2 rings (SSSR count). The van der Waals surface area contributed by atoms with Crippen molar-refractivity contribution in [3.8, 4) is 0 Å².